The lowest BCUT2D eigenvalue weighted by molar-refractivity contribution is -0.148. The second-order valence-electron chi connectivity index (χ2n) is 6.40. The van der Waals surface area contributed by atoms with E-state index in [0.717, 1.165) is 4.57 Å². The maximum absolute atomic E-state index is 12.9. The summed E-state index contributed by atoms with van der Waals surface area (Å²) in [5, 5.41) is 6.84. The van der Waals surface area contributed by atoms with Gasteiger partial charge in [-0.1, -0.05) is 0 Å². The zero-order valence-corrected chi connectivity index (χ0v) is 13.1. The molecular weight excluding hydrogens is 301 g/mol. The van der Waals surface area contributed by atoms with Crippen molar-refractivity contribution in [2.24, 2.45) is 0 Å². The molecule has 1 aromatic heterocycles. The van der Waals surface area contributed by atoms with E-state index in [1.165, 1.54) is 4.90 Å². The molecule has 2 rings (SSSR count). The first-order chi connectivity index (χ1) is 9.92. The Morgan fingerprint density at radius 3 is 2.32 bits per heavy atom. The van der Waals surface area contributed by atoms with E-state index in [9.17, 15) is 18.0 Å². The molecule has 9 heteroatoms. The van der Waals surface area contributed by atoms with Gasteiger partial charge in [-0.05, 0) is 34.6 Å². The minimum absolute atomic E-state index is 0.0270. The molecule has 0 radical (unpaired) electrons. The largest absolute Gasteiger partial charge is 0.451 e. The zero-order chi connectivity index (χ0) is 16.9. The topological polar surface area (TPSA) is 60.2 Å². The van der Waals surface area contributed by atoms with Crippen LogP contribution in [-0.4, -0.2) is 37.4 Å². The van der Waals surface area contributed by atoms with Gasteiger partial charge in [0.05, 0.1) is 12.1 Å². The number of aromatic nitrogens is 3. The number of amides is 1. The molecule has 1 amide bonds. The number of carbonyl (C=O) groups is 1. The number of fused-ring (bicyclic) bond motifs is 1. The lowest BCUT2D eigenvalue weighted by Gasteiger charge is -2.39. The lowest BCUT2D eigenvalue weighted by atomic mass is 10.1. The van der Waals surface area contributed by atoms with Crippen molar-refractivity contribution in [3.63, 3.8) is 0 Å². The van der Waals surface area contributed by atoms with Crippen LogP contribution < -0.4 is 0 Å². The predicted molar refractivity (Wildman–Crippen MR) is 71.0 cm³/mol. The molecule has 1 aliphatic rings. The number of hydrogen-bond donors (Lipinski definition) is 0. The molecule has 1 aromatic rings. The third-order valence-electron chi connectivity index (χ3n) is 3.35. The fourth-order valence-corrected chi connectivity index (χ4v) is 2.52. The summed E-state index contributed by atoms with van der Waals surface area (Å²) in [6, 6.07) is -1.11. The highest BCUT2D eigenvalue weighted by Crippen LogP contribution is 2.35. The van der Waals surface area contributed by atoms with Crippen molar-refractivity contribution < 1.29 is 22.7 Å². The Balaban J connectivity index is 2.33. The summed E-state index contributed by atoms with van der Waals surface area (Å²) in [4.78, 5) is 13.7. The minimum atomic E-state index is -4.57. The average Bonchev–Trinajstić information content (AvgIpc) is 2.69. The van der Waals surface area contributed by atoms with Crippen LogP contribution in [0.3, 0.4) is 0 Å². The molecule has 22 heavy (non-hydrogen) atoms. The first-order valence-electron chi connectivity index (χ1n) is 6.93. The van der Waals surface area contributed by atoms with E-state index in [1.54, 1.807) is 34.6 Å². The lowest BCUT2D eigenvalue weighted by Crippen LogP contribution is -2.49. The Kier molecular flexibility index (Phi) is 3.87. The monoisotopic (exact) mass is 320 g/mol. The maximum atomic E-state index is 12.9. The van der Waals surface area contributed by atoms with Gasteiger partial charge in [-0.2, -0.15) is 13.2 Å². The second kappa shape index (κ2) is 5.13. The molecule has 0 bridgehead atoms. The molecule has 2 unspecified atom stereocenters. The van der Waals surface area contributed by atoms with Gasteiger partial charge < -0.3 is 9.30 Å². The minimum Gasteiger partial charge on any atom is -0.444 e. The van der Waals surface area contributed by atoms with E-state index in [-0.39, 0.29) is 12.4 Å². The SMILES string of the molecule is CC1Cn2c(nnc2C(F)(F)F)C(C)N1C(=O)OC(C)(C)C. The van der Waals surface area contributed by atoms with Crippen LogP contribution in [0.1, 0.15) is 52.3 Å². The normalized spacial score (nSPS) is 22.5. The highest BCUT2D eigenvalue weighted by molar-refractivity contribution is 5.69. The van der Waals surface area contributed by atoms with Crippen molar-refractivity contribution >= 4 is 6.09 Å². The molecule has 2 heterocycles. The zero-order valence-electron chi connectivity index (χ0n) is 13.1. The molecule has 0 aliphatic carbocycles. The predicted octanol–water partition coefficient (Wildman–Crippen LogP) is 3.00. The van der Waals surface area contributed by atoms with Gasteiger partial charge in [-0.3, -0.25) is 4.90 Å². The van der Waals surface area contributed by atoms with E-state index in [1.807, 2.05) is 0 Å². The van der Waals surface area contributed by atoms with Crippen LogP contribution in [0.2, 0.25) is 0 Å². The fourth-order valence-electron chi connectivity index (χ4n) is 2.52. The van der Waals surface area contributed by atoms with Crippen LogP contribution in [-0.2, 0) is 17.5 Å². The molecule has 124 valence electrons. The number of nitrogens with zero attached hydrogens (tertiary/aromatic N) is 4. The van der Waals surface area contributed by atoms with Gasteiger partial charge in [-0.25, -0.2) is 4.79 Å². The number of ether oxygens (including phenoxy) is 1. The Morgan fingerprint density at radius 1 is 1.23 bits per heavy atom. The molecule has 0 fully saturated rings. The summed E-state index contributed by atoms with van der Waals surface area (Å²) < 4.78 is 45.1. The van der Waals surface area contributed by atoms with Crippen LogP contribution in [0.4, 0.5) is 18.0 Å². The summed E-state index contributed by atoms with van der Waals surface area (Å²) in [7, 11) is 0. The Hall–Kier alpha value is -1.80. The standard InChI is InChI=1S/C13H19F3N4O2/c1-7-6-19-9(17-18-10(19)13(14,15)16)8(2)20(7)11(21)22-12(3,4)5/h7-8H,6H2,1-5H3. The fraction of sp³-hybridized carbons (Fsp3) is 0.769. The Labute approximate surface area is 126 Å². The van der Waals surface area contributed by atoms with Crippen molar-refractivity contribution in [2.45, 2.75) is 65.0 Å². The summed E-state index contributed by atoms with van der Waals surface area (Å²) in [6.45, 7) is 8.45. The van der Waals surface area contributed by atoms with Gasteiger partial charge in [-0.15, -0.1) is 10.2 Å². The number of rotatable bonds is 0. The van der Waals surface area contributed by atoms with Crippen LogP contribution in [0.5, 0.6) is 0 Å². The Morgan fingerprint density at radius 2 is 1.82 bits per heavy atom. The van der Waals surface area contributed by atoms with E-state index in [0.29, 0.717) is 0 Å². The van der Waals surface area contributed by atoms with Gasteiger partial charge in [0.2, 0.25) is 5.82 Å². The van der Waals surface area contributed by atoms with E-state index in [4.69, 9.17) is 4.74 Å². The molecule has 0 saturated carbocycles. The maximum Gasteiger partial charge on any atom is 0.451 e. The van der Waals surface area contributed by atoms with Crippen molar-refractivity contribution in [1.82, 2.24) is 19.7 Å². The summed E-state index contributed by atoms with van der Waals surface area (Å²) in [6.07, 6.45) is -5.14. The van der Waals surface area contributed by atoms with Gasteiger partial charge in [0, 0.05) is 6.54 Å². The van der Waals surface area contributed by atoms with Gasteiger partial charge >= 0.3 is 12.3 Å². The van der Waals surface area contributed by atoms with Gasteiger partial charge in [0.1, 0.15) is 5.60 Å². The number of carbonyl (C=O) groups excluding carboxylic acids is 1. The summed E-state index contributed by atoms with van der Waals surface area (Å²) >= 11 is 0. The quantitative estimate of drug-likeness (QED) is 0.737. The first-order valence-corrected chi connectivity index (χ1v) is 6.93. The molecule has 2 atom stereocenters. The highest BCUT2D eigenvalue weighted by atomic mass is 19.4. The molecule has 0 spiro atoms. The van der Waals surface area contributed by atoms with Crippen molar-refractivity contribution in [3.05, 3.63) is 11.6 Å². The van der Waals surface area contributed by atoms with Crippen LogP contribution >= 0.6 is 0 Å². The second-order valence-corrected chi connectivity index (χ2v) is 6.40. The van der Waals surface area contributed by atoms with Crippen LogP contribution in [0.15, 0.2) is 0 Å². The number of halogens is 3. The highest BCUT2D eigenvalue weighted by Gasteiger charge is 2.44. The molecule has 0 aromatic carbocycles. The van der Waals surface area contributed by atoms with Gasteiger partial charge in [0.15, 0.2) is 5.82 Å². The molecule has 1 aliphatic heterocycles. The third kappa shape index (κ3) is 3.02. The average molecular weight is 320 g/mol. The first kappa shape index (κ1) is 16.6. The molecule has 6 nitrogen and oxygen atoms in total. The molecule has 0 saturated heterocycles. The number of hydrogen-bond acceptors (Lipinski definition) is 4. The van der Waals surface area contributed by atoms with Crippen molar-refractivity contribution in [1.29, 1.82) is 0 Å². The van der Waals surface area contributed by atoms with E-state index in [2.05, 4.69) is 10.2 Å². The van der Waals surface area contributed by atoms with E-state index < -0.39 is 35.8 Å². The summed E-state index contributed by atoms with van der Waals surface area (Å²) in [5.41, 5.74) is -0.682. The van der Waals surface area contributed by atoms with E-state index >= 15 is 0 Å². The van der Waals surface area contributed by atoms with Crippen LogP contribution in [0.25, 0.3) is 0 Å². The Bertz CT molecular complexity index is 577. The van der Waals surface area contributed by atoms with Crippen molar-refractivity contribution in [3.8, 4) is 0 Å². The van der Waals surface area contributed by atoms with Gasteiger partial charge in [0.25, 0.3) is 0 Å². The molecular formula is C13H19F3N4O2. The molecule has 0 N–H and O–H groups in total. The van der Waals surface area contributed by atoms with Crippen molar-refractivity contribution in [2.75, 3.05) is 0 Å². The smallest absolute Gasteiger partial charge is 0.444 e. The van der Waals surface area contributed by atoms with Crippen LogP contribution in [0, 0.1) is 0 Å². The summed E-state index contributed by atoms with van der Waals surface area (Å²) in [5.74, 6) is -0.929. The number of alkyl halides is 3. The third-order valence-corrected chi connectivity index (χ3v) is 3.35.